The lowest BCUT2D eigenvalue weighted by Crippen LogP contribution is -2.49. The Balaban J connectivity index is 2.61. The third-order valence-electron chi connectivity index (χ3n) is 4.58. The molecule has 0 bridgehead atoms. The molecule has 12 heteroatoms. The first-order chi connectivity index (χ1) is 17.6. The molecule has 0 radical (unpaired) electrons. The van der Waals surface area contributed by atoms with Crippen molar-refractivity contribution in [3.63, 3.8) is 0 Å². The van der Waals surface area contributed by atoms with Gasteiger partial charge in [0.05, 0.1) is 0 Å². The van der Waals surface area contributed by atoms with Gasteiger partial charge in [0.15, 0.2) is 0 Å². The summed E-state index contributed by atoms with van der Waals surface area (Å²) in [6.07, 6.45) is -1.28. The highest BCUT2D eigenvalue weighted by Gasteiger charge is 2.28. The third-order valence-corrected chi connectivity index (χ3v) is 4.58. The van der Waals surface area contributed by atoms with E-state index in [1.807, 2.05) is 6.07 Å². The molecule has 0 aliphatic heterocycles. The van der Waals surface area contributed by atoms with E-state index in [1.54, 1.807) is 65.8 Å². The monoisotopic (exact) mass is 537 g/mol. The molecule has 0 heterocycles. The molecule has 38 heavy (non-hydrogen) atoms. The van der Waals surface area contributed by atoms with Crippen LogP contribution in [0, 0.1) is 0 Å². The van der Waals surface area contributed by atoms with E-state index in [-0.39, 0.29) is 32.4 Å². The Morgan fingerprint density at radius 2 is 1.45 bits per heavy atom. The molecule has 0 aliphatic carbocycles. The van der Waals surface area contributed by atoms with Crippen LogP contribution in [0.2, 0.25) is 0 Å². The number of benzene rings is 1. The highest BCUT2D eigenvalue weighted by molar-refractivity contribution is 5.84. The van der Waals surface area contributed by atoms with Crippen LogP contribution < -0.4 is 16.0 Å². The van der Waals surface area contributed by atoms with E-state index in [9.17, 15) is 29.1 Å². The van der Waals surface area contributed by atoms with Crippen molar-refractivity contribution in [2.75, 3.05) is 6.54 Å². The minimum absolute atomic E-state index is 0.0327. The number of hydrogen-bond donors (Lipinski definition) is 4. The molecule has 0 saturated carbocycles. The van der Waals surface area contributed by atoms with Crippen LogP contribution in [0.4, 0.5) is 9.59 Å². The number of aliphatic carboxylic acids is 1. The minimum atomic E-state index is -1.33. The molecule has 4 N–H and O–H groups in total. The quantitative estimate of drug-likeness (QED) is 0.231. The van der Waals surface area contributed by atoms with Crippen LogP contribution in [-0.2, 0) is 35.2 Å². The van der Waals surface area contributed by atoms with Crippen LogP contribution in [-0.4, -0.2) is 65.0 Å². The zero-order chi connectivity index (χ0) is 28.9. The molecule has 3 amide bonds. The maximum absolute atomic E-state index is 12.6. The normalized spacial score (nSPS) is 12.9. The van der Waals surface area contributed by atoms with E-state index in [2.05, 4.69) is 16.0 Å². The van der Waals surface area contributed by atoms with Crippen LogP contribution in [0.15, 0.2) is 30.3 Å². The Hall–Kier alpha value is -3.83. The number of carboxylic acids is 1. The average molecular weight is 538 g/mol. The number of alkyl carbamates (subject to hydrolysis) is 1. The lowest BCUT2D eigenvalue weighted by molar-refractivity contribution is -0.158. The van der Waals surface area contributed by atoms with Gasteiger partial charge in [0.1, 0.15) is 29.9 Å². The number of nitrogens with one attached hydrogen (secondary N) is 3. The summed E-state index contributed by atoms with van der Waals surface area (Å²) < 4.78 is 15.6. The SMILES string of the molecule is CC(C)(C)OC(=O)CC[C@H](NC(=O)NCC[C@@H](NC(=O)OCc1ccccc1)C(=O)O)C(=O)OC(C)(C)C. The molecule has 2 atom stereocenters. The summed E-state index contributed by atoms with van der Waals surface area (Å²) in [7, 11) is 0. The molecule has 0 saturated heterocycles. The van der Waals surface area contributed by atoms with Crippen molar-refractivity contribution in [1.29, 1.82) is 0 Å². The summed E-state index contributed by atoms with van der Waals surface area (Å²) in [5.41, 5.74) is -0.792. The van der Waals surface area contributed by atoms with Gasteiger partial charge in [-0.1, -0.05) is 30.3 Å². The van der Waals surface area contributed by atoms with Crippen molar-refractivity contribution in [3.8, 4) is 0 Å². The summed E-state index contributed by atoms with van der Waals surface area (Å²) in [5.74, 6) is -2.59. The summed E-state index contributed by atoms with van der Waals surface area (Å²) in [6.45, 7) is 9.96. The van der Waals surface area contributed by atoms with Crippen molar-refractivity contribution in [2.45, 2.75) is 90.7 Å². The lowest BCUT2D eigenvalue weighted by Gasteiger charge is -2.25. The van der Waals surface area contributed by atoms with Gasteiger partial charge in [-0.25, -0.2) is 19.2 Å². The number of carboxylic acid groups (broad SMARTS) is 1. The number of carbonyl (C=O) groups excluding carboxylic acids is 4. The third kappa shape index (κ3) is 14.7. The number of amides is 3. The molecule has 1 aromatic rings. The molecular weight excluding hydrogens is 498 g/mol. The molecule has 1 aromatic carbocycles. The summed E-state index contributed by atoms with van der Waals surface area (Å²) in [5, 5.41) is 16.5. The standard InChI is InChI=1S/C26H39N3O9/c1-25(2,3)37-20(30)13-12-19(22(33)38-26(4,5)6)28-23(34)27-15-14-18(21(31)32)29-24(35)36-16-17-10-8-7-9-11-17/h7-11,18-19H,12-16H2,1-6H3,(H,29,35)(H,31,32)(H2,27,28,34)/t18-,19+/m1/s1. The van der Waals surface area contributed by atoms with Gasteiger partial charge < -0.3 is 35.3 Å². The van der Waals surface area contributed by atoms with Gasteiger partial charge in [-0.3, -0.25) is 4.79 Å². The Kier molecular flexibility index (Phi) is 12.5. The first kappa shape index (κ1) is 32.2. The predicted molar refractivity (Wildman–Crippen MR) is 137 cm³/mol. The fourth-order valence-corrected chi connectivity index (χ4v) is 2.98. The minimum Gasteiger partial charge on any atom is -0.480 e. The molecule has 0 fully saturated rings. The molecule has 1 rings (SSSR count). The summed E-state index contributed by atoms with van der Waals surface area (Å²) in [4.78, 5) is 60.6. The largest absolute Gasteiger partial charge is 0.480 e. The number of ether oxygens (including phenoxy) is 3. The number of hydrogen-bond acceptors (Lipinski definition) is 8. The van der Waals surface area contributed by atoms with Gasteiger partial charge in [0.25, 0.3) is 0 Å². The maximum Gasteiger partial charge on any atom is 0.408 e. The molecule has 0 aromatic heterocycles. The molecular formula is C26H39N3O9. The van der Waals surface area contributed by atoms with Gasteiger partial charge in [-0.05, 0) is 59.9 Å². The van der Waals surface area contributed by atoms with Crippen molar-refractivity contribution < 1.29 is 43.3 Å². The number of urea groups is 1. The highest BCUT2D eigenvalue weighted by Crippen LogP contribution is 2.13. The zero-order valence-corrected chi connectivity index (χ0v) is 22.8. The number of carbonyl (C=O) groups is 5. The Labute approximate surface area is 222 Å². The summed E-state index contributed by atoms with van der Waals surface area (Å²) in [6, 6.07) is 5.61. The van der Waals surface area contributed by atoms with Crippen LogP contribution in [0.3, 0.4) is 0 Å². The fourth-order valence-electron chi connectivity index (χ4n) is 2.98. The second-order valence-corrected chi connectivity index (χ2v) is 10.5. The van der Waals surface area contributed by atoms with E-state index in [0.29, 0.717) is 0 Å². The second-order valence-electron chi connectivity index (χ2n) is 10.5. The number of esters is 2. The van der Waals surface area contributed by atoms with Gasteiger partial charge in [0, 0.05) is 13.0 Å². The number of rotatable bonds is 12. The Morgan fingerprint density at radius 3 is 2.00 bits per heavy atom. The van der Waals surface area contributed by atoms with Crippen molar-refractivity contribution in [2.24, 2.45) is 0 Å². The van der Waals surface area contributed by atoms with Gasteiger partial charge in [-0.15, -0.1) is 0 Å². The van der Waals surface area contributed by atoms with E-state index in [1.165, 1.54) is 0 Å². The zero-order valence-electron chi connectivity index (χ0n) is 22.8. The molecule has 12 nitrogen and oxygen atoms in total. The van der Waals surface area contributed by atoms with Gasteiger partial charge in [-0.2, -0.15) is 0 Å². The van der Waals surface area contributed by atoms with E-state index in [0.717, 1.165) is 5.56 Å². The van der Waals surface area contributed by atoms with E-state index < -0.39 is 53.3 Å². The molecule has 0 aliphatic rings. The second kappa shape index (κ2) is 14.8. The highest BCUT2D eigenvalue weighted by atomic mass is 16.6. The summed E-state index contributed by atoms with van der Waals surface area (Å²) >= 11 is 0. The maximum atomic E-state index is 12.6. The van der Waals surface area contributed by atoms with Crippen molar-refractivity contribution in [1.82, 2.24) is 16.0 Å². The van der Waals surface area contributed by atoms with Crippen LogP contribution >= 0.6 is 0 Å². The molecule has 212 valence electrons. The Bertz CT molecular complexity index is 953. The smallest absolute Gasteiger partial charge is 0.408 e. The predicted octanol–water partition coefficient (Wildman–Crippen LogP) is 2.89. The van der Waals surface area contributed by atoms with Gasteiger partial charge >= 0.3 is 30.0 Å². The Morgan fingerprint density at radius 1 is 0.842 bits per heavy atom. The van der Waals surface area contributed by atoms with Crippen LogP contribution in [0.5, 0.6) is 0 Å². The first-order valence-corrected chi connectivity index (χ1v) is 12.2. The molecule has 0 unspecified atom stereocenters. The van der Waals surface area contributed by atoms with Crippen LogP contribution in [0.1, 0.15) is 66.4 Å². The molecule has 0 spiro atoms. The lowest BCUT2D eigenvalue weighted by atomic mass is 10.1. The van der Waals surface area contributed by atoms with Gasteiger partial charge in [0.2, 0.25) is 0 Å². The van der Waals surface area contributed by atoms with E-state index >= 15 is 0 Å². The topological polar surface area (TPSA) is 169 Å². The first-order valence-electron chi connectivity index (χ1n) is 12.2. The van der Waals surface area contributed by atoms with Crippen LogP contribution in [0.25, 0.3) is 0 Å². The van der Waals surface area contributed by atoms with Crippen molar-refractivity contribution in [3.05, 3.63) is 35.9 Å². The van der Waals surface area contributed by atoms with E-state index in [4.69, 9.17) is 14.2 Å². The van der Waals surface area contributed by atoms with Crippen molar-refractivity contribution >= 4 is 30.0 Å². The average Bonchev–Trinajstić information content (AvgIpc) is 2.78. The fraction of sp³-hybridized carbons (Fsp3) is 0.577.